The normalized spacial score (nSPS) is 11.1. The molecule has 0 atom stereocenters. The van der Waals surface area contributed by atoms with Crippen molar-refractivity contribution < 1.29 is 4.39 Å². The van der Waals surface area contributed by atoms with E-state index in [1.165, 1.54) is 6.07 Å². The fourth-order valence-corrected chi connectivity index (χ4v) is 2.76. The molecule has 1 aromatic carbocycles. The number of aromatic nitrogens is 2. The van der Waals surface area contributed by atoms with Gasteiger partial charge < -0.3 is 5.32 Å². The topological polar surface area (TPSA) is 29.9 Å². The van der Waals surface area contributed by atoms with Crippen LogP contribution in [0.5, 0.6) is 0 Å². The van der Waals surface area contributed by atoms with Crippen LogP contribution in [0.1, 0.15) is 37.7 Å². The second-order valence-corrected chi connectivity index (χ2v) is 5.25. The van der Waals surface area contributed by atoms with Gasteiger partial charge in [0.1, 0.15) is 11.5 Å². The molecule has 1 aromatic heterocycles. The fourth-order valence-electron chi connectivity index (χ4n) is 2.51. The third-order valence-corrected chi connectivity index (χ3v) is 3.85. The van der Waals surface area contributed by atoms with Crippen LogP contribution in [-0.4, -0.2) is 16.3 Å². The summed E-state index contributed by atoms with van der Waals surface area (Å²) in [4.78, 5) is 0. The molecular weight excluding hydrogens is 289 g/mol. The van der Waals surface area contributed by atoms with Gasteiger partial charge in [0.15, 0.2) is 0 Å². The van der Waals surface area contributed by atoms with Crippen molar-refractivity contribution in [3.8, 4) is 5.69 Å². The van der Waals surface area contributed by atoms with E-state index in [-0.39, 0.29) is 5.82 Å². The second kappa shape index (κ2) is 7.05. The maximum atomic E-state index is 14.2. The Bertz CT molecular complexity index is 602. The molecule has 0 fully saturated rings. The molecule has 0 radical (unpaired) electrons. The van der Waals surface area contributed by atoms with Gasteiger partial charge in [-0.1, -0.05) is 38.4 Å². The number of hydrogen-bond acceptors (Lipinski definition) is 2. The van der Waals surface area contributed by atoms with Crippen molar-refractivity contribution in [2.45, 2.75) is 40.2 Å². The minimum atomic E-state index is -0.350. The van der Waals surface area contributed by atoms with E-state index in [0.717, 1.165) is 42.9 Å². The smallest absolute Gasteiger partial charge is 0.150 e. The van der Waals surface area contributed by atoms with Gasteiger partial charge in [-0.2, -0.15) is 5.10 Å². The average molecular weight is 310 g/mol. The molecule has 21 heavy (non-hydrogen) atoms. The summed E-state index contributed by atoms with van der Waals surface area (Å²) in [5.41, 5.74) is 3.50. The van der Waals surface area contributed by atoms with Gasteiger partial charge in [-0.3, -0.25) is 0 Å². The first-order valence-electron chi connectivity index (χ1n) is 7.38. The quantitative estimate of drug-likeness (QED) is 0.877. The van der Waals surface area contributed by atoms with Crippen molar-refractivity contribution >= 4 is 11.6 Å². The van der Waals surface area contributed by atoms with Crippen molar-refractivity contribution in [2.75, 3.05) is 6.54 Å². The number of para-hydroxylation sites is 1. The Kier molecular flexibility index (Phi) is 5.37. The minimum Gasteiger partial charge on any atom is -0.313 e. The van der Waals surface area contributed by atoms with Gasteiger partial charge in [0.2, 0.25) is 0 Å². The Morgan fingerprint density at radius 2 is 2.00 bits per heavy atom. The molecule has 0 amide bonds. The highest BCUT2D eigenvalue weighted by molar-refractivity contribution is 6.32. The molecule has 0 aliphatic carbocycles. The van der Waals surface area contributed by atoms with Crippen molar-refractivity contribution in [1.82, 2.24) is 15.1 Å². The summed E-state index contributed by atoms with van der Waals surface area (Å²) in [7, 11) is 0. The van der Waals surface area contributed by atoms with E-state index in [0.29, 0.717) is 10.7 Å². The third kappa shape index (κ3) is 3.11. The Morgan fingerprint density at radius 1 is 1.24 bits per heavy atom. The van der Waals surface area contributed by atoms with E-state index in [9.17, 15) is 4.39 Å². The van der Waals surface area contributed by atoms with Gasteiger partial charge in [-0.05, 0) is 31.5 Å². The number of nitrogens with zero attached hydrogens (tertiary/aromatic N) is 2. The molecule has 1 heterocycles. The highest BCUT2D eigenvalue weighted by Crippen LogP contribution is 2.27. The summed E-state index contributed by atoms with van der Waals surface area (Å²) >= 11 is 6.19. The molecule has 0 bridgehead atoms. The van der Waals surface area contributed by atoms with Crippen LogP contribution >= 0.6 is 11.6 Å². The lowest BCUT2D eigenvalue weighted by Gasteiger charge is -2.10. The van der Waals surface area contributed by atoms with E-state index in [4.69, 9.17) is 11.6 Å². The summed E-state index contributed by atoms with van der Waals surface area (Å²) in [5.74, 6) is -0.350. The zero-order chi connectivity index (χ0) is 15.4. The number of benzene rings is 1. The average Bonchev–Trinajstić information content (AvgIpc) is 2.82. The summed E-state index contributed by atoms with van der Waals surface area (Å²) in [5, 5.41) is 8.30. The van der Waals surface area contributed by atoms with Crippen LogP contribution in [0.4, 0.5) is 4.39 Å². The lowest BCUT2D eigenvalue weighted by molar-refractivity contribution is 0.605. The Morgan fingerprint density at radius 3 is 2.57 bits per heavy atom. The van der Waals surface area contributed by atoms with Crippen LogP contribution < -0.4 is 5.32 Å². The third-order valence-electron chi connectivity index (χ3n) is 3.54. The SMILES string of the molecule is CCNCc1c(CC)nn(-c2c(F)cccc2Cl)c1CC. The molecule has 0 spiro atoms. The first kappa shape index (κ1) is 16.0. The molecule has 0 aliphatic rings. The molecule has 3 nitrogen and oxygen atoms in total. The molecule has 2 aromatic rings. The molecule has 0 aliphatic heterocycles. The lowest BCUT2D eigenvalue weighted by Crippen LogP contribution is -2.14. The maximum absolute atomic E-state index is 14.2. The highest BCUT2D eigenvalue weighted by atomic mass is 35.5. The van der Waals surface area contributed by atoms with Crippen LogP contribution in [0.2, 0.25) is 5.02 Å². The van der Waals surface area contributed by atoms with E-state index in [1.807, 2.05) is 0 Å². The Labute approximate surface area is 130 Å². The van der Waals surface area contributed by atoms with Crippen molar-refractivity contribution in [1.29, 1.82) is 0 Å². The van der Waals surface area contributed by atoms with Gasteiger partial charge >= 0.3 is 0 Å². The number of nitrogens with one attached hydrogen (secondary N) is 1. The minimum absolute atomic E-state index is 0.341. The second-order valence-electron chi connectivity index (χ2n) is 4.84. The van der Waals surface area contributed by atoms with Crippen LogP contribution in [0.3, 0.4) is 0 Å². The molecule has 114 valence electrons. The summed E-state index contributed by atoms with van der Waals surface area (Å²) in [6, 6.07) is 4.71. The molecule has 2 rings (SSSR count). The molecule has 5 heteroatoms. The van der Waals surface area contributed by atoms with Crippen molar-refractivity contribution in [3.05, 3.63) is 46.0 Å². The first-order chi connectivity index (χ1) is 10.1. The number of halogens is 2. The summed E-state index contributed by atoms with van der Waals surface area (Å²) in [6.07, 6.45) is 1.59. The van der Waals surface area contributed by atoms with Gasteiger partial charge in [-0.25, -0.2) is 9.07 Å². The van der Waals surface area contributed by atoms with E-state index in [2.05, 4.69) is 31.2 Å². The van der Waals surface area contributed by atoms with E-state index in [1.54, 1.807) is 16.8 Å². The summed E-state index contributed by atoms with van der Waals surface area (Å²) in [6.45, 7) is 7.81. The number of rotatable bonds is 6. The van der Waals surface area contributed by atoms with Crippen LogP contribution in [0.15, 0.2) is 18.2 Å². The maximum Gasteiger partial charge on any atom is 0.150 e. The monoisotopic (exact) mass is 309 g/mol. The van der Waals surface area contributed by atoms with Gasteiger partial charge in [0.25, 0.3) is 0 Å². The predicted molar refractivity (Wildman–Crippen MR) is 84.7 cm³/mol. The highest BCUT2D eigenvalue weighted by Gasteiger charge is 2.19. The fraction of sp³-hybridized carbons (Fsp3) is 0.438. The zero-order valence-electron chi connectivity index (χ0n) is 12.7. The number of hydrogen-bond donors (Lipinski definition) is 1. The molecular formula is C16H21ClFN3. The lowest BCUT2D eigenvalue weighted by atomic mass is 10.1. The molecule has 0 unspecified atom stereocenters. The summed E-state index contributed by atoms with van der Waals surface area (Å²) < 4.78 is 15.9. The van der Waals surface area contributed by atoms with Gasteiger partial charge in [0.05, 0.1) is 10.7 Å². The predicted octanol–water partition coefficient (Wildman–Crippen LogP) is 3.90. The van der Waals surface area contributed by atoms with E-state index >= 15 is 0 Å². The van der Waals surface area contributed by atoms with Crippen molar-refractivity contribution in [2.24, 2.45) is 0 Å². The largest absolute Gasteiger partial charge is 0.313 e. The van der Waals surface area contributed by atoms with Crippen LogP contribution in [0, 0.1) is 5.82 Å². The van der Waals surface area contributed by atoms with E-state index < -0.39 is 0 Å². The molecule has 0 saturated heterocycles. The zero-order valence-corrected chi connectivity index (χ0v) is 13.5. The Hall–Kier alpha value is -1.39. The van der Waals surface area contributed by atoms with Crippen LogP contribution in [0.25, 0.3) is 5.69 Å². The standard InChI is InChI=1S/C16H21ClFN3/c1-4-14-11(10-19-6-3)15(5-2)21(20-14)16-12(17)8-7-9-13(16)18/h7-9,19H,4-6,10H2,1-3H3. The Balaban J connectivity index is 2.61. The number of aryl methyl sites for hydroxylation is 1. The van der Waals surface area contributed by atoms with Gasteiger partial charge in [0, 0.05) is 17.8 Å². The molecule has 0 saturated carbocycles. The first-order valence-corrected chi connectivity index (χ1v) is 7.76. The van der Waals surface area contributed by atoms with Crippen molar-refractivity contribution in [3.63, 3.8) is 0 Å². The van der Waals surface area contributed by atoms with Crippen LogP contribution in [-0.2, 0) is 19.4 Å². The molecule has 1 N–H and O–H groups in total. The van der Waals surface area contributed by atoms with Gasteiger partial charge in [-0.15, -0.1) is 0 Å².